The van der Waals surface area contributed by atoms with Crippen LogP contribution in [0, 0.1) is 0 Å². The summed E-state index contributed by atoms with van der Waals surface area (Å²) >= 11 is 0. The van der Waals surface area contributed by atoms with Crippen molar-refractivity contribution >= 4 is 23.2 Å². The number of para-hydroxylation sites is 1. The SMILES string of the molecule is c1ccc(COc2ccccc2C[PH](c2ccccc2)(c2ccccc2)c2ccccc2)cc1. The standard InChI is InChI=1S/C32H29OP/c1-5-15-27(16-6-1)25-33-32-24-14-13-17-28(32)26-34(29-18-7-2-8-19-29,30-20-9-3-10-21-30)31-22-11-4-12-23-31/h1-24,34H,25-26H2. The second kappa shape index (κ2) is 10.5. The Morgan fingerprint density at radius 2 is 0.853 bits per heavy atom. The van der Waals surface area contributed by atoms with Crippen LogP contribution in [-0.2, 0) is 12.8 Å². The van der Waals surface area contributed by atoms with Crippen LogP contribution in [0.4, 0.5) is 0 Å². The summed E-state index contributed by atoms with van der Waals surface area (Å²) in [6.45, 7) is 0.564. The van der Waals surface area contributed by atoms with E-state index in [1.54, 1.807) is 0 Å². The quantitative estimate of drug-likeness (QED) is 0.241. The fourth-order valence-electron chi connectivity index (χ4n) is 4.79. The predicted molar refractivity (Wildman–Crippen MR) is 147 cm³/mol. The summed E-state index contributed by atoms with van der Waals surface area (Å²) in [5.74, 6) is 0.964. The molecule has 0 aliphatic carbocycles. The van der Waals surface area contributed by atoms with Gasteiger partial charge in [0, 0.05) is 0 Å². The van der Waals surface area contributed by atoms with Crippen LogP contribution in [0.1, 0.15) is 11.1 Å². The molecule has 2 heteroatoms. The first kappa shape index (κ1) is 22.1. The summed E-state index contributed by atoms with van der Waals surface area (Å²) in [6, 6.07) is 52.1. The third kappa shape index (κ3) is 4.67. The van der Waals surface area contributed by atoms with Gasteiger partial charge in [-0.05, 0) is 0 Å². The molecule has 0 fully saturated rings. The van der Waals surface area contributed by atoms with Crippen molar-refractivity contribution in [2.45, 2.75) is 12.8 Å². The van der Waals surface area contributed by atoms with Crippen LogP contribution in [-0.4, -0.2) is 0 Å². The molecule has 0 saturated carbocycles. The van der Waals surface area contributed by atoms with Crippen molar-refractivity contribution in [3.8, 4) is 5.75 Å². The summed E-state index contributed by atoms with van der Waals surface area (Å²) < 4.78 is 6.40. The molecule has 0 saturated heterocycles. The first-order chi connectivity index (χ1) is 16.9. The maximum atomic E-state index is 6.40. The Labute approximate surface area is 203 Å². The molecule has 0 amide bonds. The van der Waals surface area contributed by atoms with Crippen LogP contribution < -0.4 is 20.7 Å². The second-order valence-electron chi connectivity index (χ2n) is 8.56. The van der Waals surface area contributed by atoms with Gasteiger partial charge in [0.25, 0.3) is 0 Å². The molecule has 0 N–H and O–H groups in total. The molecule has 0 atom stereocenters. The molecule has 5 rings (SSSR count). The third-order valence-electron chi connectivity index (χ3n) is 6.47. The van der Waals surface area contributed by atoms with E-state index in [1.165, 1.54) is 27.0 Å². The minimum atomic E-state index is -2.38. The molecule has 34 heavy (non-hydrogen) atoms. The van der Waals surface area contributed by atoms with E-state index in [9.17, 15) is 0 Å². The summed E-state index contributed by atoms with van der Waals surface area (Å²) in [5.41, 5.74) is 2.43. The van der Waals surface area contributed by atoms with Gasteiger partial charge in [-0.3, -0.25) is 0 Å². The Balaban J connectivity index is 1.63. The first-order valence-electron chi connectivity index (χ1n) is 11.8. The Morgan fingerprint density at radius 3 is 1.35 bits per heavy atom. The number of rotatable bonds is 8. The van der Waals surface area contributed by atoms with E-state index in [4.69, 9.17) is 4.74 Å². The molecule has 0 aliphatic heterocycles. The number of hydrogen-bond acceptors (Lipinski definition) is 1. The van der Waals surface area contributed by atoms with Gasteiger partial charge < -0.3 is 0 Å². The van der Waals surface area contributed by atoms with Gasteiger partial charge in [0.1, 0.15) is 0 Å². The van der Waals surface area contributed by atoms with Crippen LogP contribution in [0.15, 0.2) is 146 Å². The molecule has 5 aromatic carbocycles. The van der Waals surface area contributed by atoms with Crippen molar-refractivity contribution in [1.29, 1.82) is 0 Å². The number of hydrogen-bond donors (Lipinski definition) is 0. The third-order valence-corrected chi connectivity index (χ3v) is 11.3. The van der Waals surface area contributed by atoms with E-state index in [2.05, 4.69) is 140 Å². The van der Waals surface area contributed by atoms with Crippen molar-refractivity contribution in [2.75, 3.05) is 0 Å². The summed E-state index contributed by atoms with van der Waals surface area (Å²) in [4.78, 5) is 0. The van der Waals surface area contributed by atoms with Crippen molar-refractivity contribution in [3.05, 3.63) is 157 Å². The second-order valence-corrected chi connectivity index (χ2v) is 12.5. The summed E-state index contributed by atoms with van der Waals surface area (Å²) in [6.07, 6.45) is 0.927. The Hall–Kier alpha value is -3.67. The zero-order valence-electron chi connectivity index (χ0n) is 19.2. The fourth-order valence-corrected chi connectivity index (χ4v) is 9.55. The van der Waals surface area contributed by atoms with Crippen LogP contribution in [0.3, 0.4) is 0 Å². The number of benzene rings is 5. The van der Waals surface area contributed by atoms with E-state index >= 15 is 0 Å². The van der Waals surface area contributed by atoms with Crippen molar-refractivity contribution in [3.63, 3.8) is 0 Å². The molecule has 168 valence electrons. The molecule has 0 aromatic heterocycles. The van der Waals surface area contributed by atoms with Crippen molar-refractivity contribution in [2.24, 2.45) is 0 Å². The zero-order valence-corrected chi connectivity index (χ0v) is 20.2. The zero-order chi connectivity index (χ0) is 23.1. The molecule has 0 bridgehead atoms. The number of ether oxygens (including phenoxy) is 1. The van der Waals surface area contributed by atoms with Gasteiger partial charge in [0.05, 0.1) is 0 Å². The van der Waals surface area contributed by atoms with E-state index in [-0.39, 0.29) is 0 Å². The molecule has 0 radical (unpaired) electrons. The van der Waals surface area contributed by atoms with Gasteiger partial charge >= 0.3 is 203 Å². The van der Waals surface area contributed by atoms with Crippen LogP contribution in [0.5, 0.6) is 5.75 Å². The molecular formula is C32H29OP. The Bertz CT molecular complexity index is 1210. The van der Waals surface area contributed by atoms with Gasteiger partial charge in [-0.25, -0.2) is 0 Å². The average molecular weight is 461 g/mol. The normalized spacial score (nSPS) is 11.6. The maximum absolute atomic E-state index is 6.40. The van der Waals surface area contributed by atoms with Gasteiger partial charge in [-0.2, -0.15) is 0 Å². The molecule has 1 nitrogen and oxygen atoms in total. The minimum absolute atomic E-state index is 0.564. The Morgan fingerprint density at radius 1 is 0.441 bits per heavy atom. The topological polar surface area (TPSA) is 9.23 Å². The summed E-state index contributed by atoms with van der Waals surface area (Å²) in [5, 5.41) is 4.22. The van der Waals surface area contributed by atoms with Gasteiger partial charge in [-0.1, -0.05) is 0 Å². The van der Waals surface area contributed by atoms with E-state index in [0.717, 1.165) is 11.9 Å². The predicted octanol–water partition coefficient (Wildman–Crippen LogP) is 6.49. The van der Waals surface area contributed by atoms with E-state index in [0.29, 0.717) is 6.61 Å². The molecule has 0 unspecified atom stereocenters. The molecule has 5 aromatic rings. The van der Waals surface area contributed by atoms with Gasteiger partial charge in [0.15, 0.2) is 0 Å². The molecule has 0 aliphatic rings. The average Bonchev–Trinajstić information content (AvgIpc) is 2.93. The molecule has 0 heterocycles. The summed E-state index contributed by atoms with van der Waals surface area (Å²) in [7, 11) is -2.38. The van der Waals surface area contributed by atoms with Gasteiger partial charge in [0.2, 0.25) is 0 Å². The van der Waals surface area contributed by atoms with E-state index < -0.39 is 7.26 Å². The van der Waals surface area contributed by atoms with Crippen molar-refractivity contribution < 1.29 is 4.74 Å². The monoisotopic (exact) mass is 460 g/mol. The Kier molecular flexibility index (Phi) is 6.84. The van der Waals surface area contributed by atoms with E-state index in [1.807, 2.05) is 6.07 Å². The molecule has 0 spiro atoms. The first-order valence-corrected chi connectivity index (χ1v) is 14.0. The van der Waals surface area contributed by atoms with Crippen LogP contribution in [0.2, 0.25) is 0 Å². The van der Waals surface area contributed by atoms with Crippen LogP contribution >= 0.6 is 7.26 Å². The molecular weight excluding hydrogens is 431 g/mol. The van der Waals surface area contributed by atoms with Gasteiger partial charge in [-0.15, -0.1) is 0 Å². The fraction of sp³-hybridized carbons (Fsp3) is 0.0625. The van der Waals surface area contributed by atoms with Crippen molar-refractivity contribution in [1.82, 2.24) is 0 Å². The van der Waals surface area contributed by atoms with Crippen LogP contribution in [0.25, 0.3) is 0 Å².